The second kappa shape index (κ2) is 10.8. The molecule has 1 fully saturated rings. The summed E-state index contributed by atoms with van der Waals surface area (Å²) in [5.41, 5.74) is 1.43. The molecule has 2 aromatic carbocycles. The summed E-state index contributed by atoms with van der Waals surface area (Å²) in [5, 5.41) is 17.8. The van der Waals surface area contributed by atoms with Gasteiger partial charge in [0, 0.05) is 30.1 Å². The molecule has 0 atom stereocenters. The first kappa shape index (κ1) is 23.4. The van der Waals surface area contributed by atoms with E-state index in [-0.39, 0.29) is 29.6 Å². The fourth-order valence-electron chi connectivity index (χ4n) is 3.89. The molecule has 1 saturated carbocycles. The molecule has 32 heavy (non-hydrogen) atoms. The molecule has 0 heterocycles. The van der Waals surface area contributed by atoms with Crippen molar-refractivity contribution in [1.82, 2.24) is 5.32 Å². The molecule has 2 N–H and O–H groups in total. The Bertz CT molecular complexity index is 922. The van der Waals surface area contributed by atoms with Gasteiger partial charge in [-0.15, -0.1) is 0 Å². The highest BCUT2D eigenvalue weighted by atomic mass is 16.6. The van der Waals surface area contributed by atoms with Gasteiger partial charge in [-0.05, 0) is 63.3 Å². The van der Waals surface area contributed by atoms with Gasteiger partial charge in [0.2, 0.25) is 5.91 Å². The van der Waals surface area contributed by atoms with Crippen molar-refractivity contribution in [2.75, 3.05) is 12.4 Å². The number of benzene rings is 2. The second-order valence-corrected chi connectivity index (χ2v) is 8.43. The molecule has 0 saturated heterocycles. The Morgan fingerprint density at radius 3 is 2.34 bits per heavy atom. The Balaban J connectivity index is 1.62. The Morgan fingerprint density at radius 1 is 1.09 bits per heavy atom. The predicted octanol–water partition coefficient (Wildman–Crippen LogP) is 4.68. The number of ether oxygens (including phenoxy) is 2. The van der Waals surface area contributed by atoms with Crippen LogP contribution in [0.25, 0.3) is 0 Å². The topological polar surface area (TPSA) is 103 Å². The van der Waals surface area contributed by atoms with Crippen LogP contribution in [0.15, 0.2) is 42.5 Å². The highest BCUT2D eigenvalue weighted by Gasteiger charge is 2.28. The summed E-state index contributed by atoms with van der Waals surface area (Å²) >= 11 is 0. The third kappa shape index (κ3) is 6.35. The lowest BCUT2D eigenvalue weighted by Crippen LogP contribution is -2.38. The summed E-state index contributed by atoms with van der Waals surface area (Å²) in [6.07, 6.45) is 3.09. The molecule has 172 valence electrons. The van der Waals surface area contributed by atoms with Crippen LogP contribution in [0.2, 0.25) is 0 Å². The number of nitrogens with one attached hydrogen (secondary N) is 2. The zero-order chi connectivity index (χ0) is 23.1. The fourth-order valence-corrected chi connectivity index (χ4v) is 3.89. The largest absolute Gasteiger partial charge is 0.497 e. The fraction of sp³-hybridized carbons (Fsp3) is 0.458. The van der Waals surface area contributed by atoms with E-state index in [0.29, 0.717) is 18.0 Å². The van der Waals surface area contributed by atoms with Crippen molar-refractivity contribution >= 4 is 17.3 Å². The van der Waals surface area contributed by atoms with Crippen molar-refractivity contribution in [2.24, 2.45) is 5.92 Å². The van der Waals surface area contributed by atoms with Crippen molar-refractivity contribution < 1.29 is 19.2 Å². The number of methoxy groups -OCH3 is 1. The number of nitrogens with zero attached hydrogens (tertiary/aromatic N) is 1. The van der Waals surface area contributed by atoms with Crippen molar-refractivity contribution in [1.29, 1.82) is 0 Å². The van der Waals surface area contributed by atoms with Gasteiger partial charge in [0.1, 0.15) is 23.8 Å². The number of carbonyl (C=O) groups is 1. The standard InChI is InChI=1S/C24H31N3O5/c1-16(2)25-24(28)18-6-8-19(9-7-18)26-22-14-21(12-13-23(22)27(29)30)32-15-17-4-10-20(31-3)11-5-17/h4-5,10-14,16,18-19,26H,6-9,15H2,1-3H3,(H,25,28)/t18-,19+. The van der Waals surface area contributed by atoms with Gasteiger partial charge in [-0.25, -0.2) is 0 Å². The van der Waals surface area contributed by atoms with Crippen LogP contribution < -0.4 is 20.1 Å². The Morgan fingerprint density at radius 2 is 1.75 bits per heavy atom. The first-order valence-corrected chi connectivity index (χ1v) is 11.0. The van der Waals surface area contributed by atoms with E-state index < -0.39 is 4.92 Å². The molecule has 3 rings (SSSR count). The molecule has 1 aliphatic carbocycles. The van der Waals surface area contributed by atoms with E-state index >= 15 is 0 Å². The number of hydrogen-bond acceptors (Lipinski definition) is 6. The minimum Gasteiger partial charge on any atom is -0.497 e. The monoisotopic (exact) mass is 441 g/mol. The van der Waals surface area contributed by atoms with Gasteiger partial charge in [-0.1, -0.05) is 12.1 Å². The minimum atomic E-state index is -0.392. The van der Waals surface area contributed by atoms with Gasteiger partial charge in [0.25, 0.3) is 5.69 Å². The van der Waals surface area contributed by atoms with E-state index in [1.54, 1.807) is 19.2 Å². The zero-order valence-corrected chi connectivity index (χ0v) is 18.8. The second-order valence-electron chi connectivity index (χ2n) is 8.43. The summed E-state index contributed by atoms with van der Waals surface area (Å²) < 4.78 is 11.0. The summed E-state index contributed by atoms with van der Waals surface area (Å²) in [6.45, 7) is 4.25. The van der Waals surface area contributed by atoms with Gasteiger partial charge >= 0.3 is 0 Å². The van der Waals surface area contributed by atoms with E-state index in [0.717, 1.165) is 37.0 Å². The Kier molecular flexibility index (Phi) is 7.92. The van der Waals surface area contributed by atoms with Crippen molar-refractivity contribution in [3.63, 3.8) is 0 Å². The molecule has 1 aliphatic rings. The van der Waals surface area contributed by atoms with Gasteiger partial charge in [0.05, 0.1) is 12.0 Å². The summed E-state index contributed by atoms with van der Waals surface area (Å²) in [4.78, 5) is 23.4. The number of hydrogen-bond donors (Lipinski definition) is 2. The maximum atomic E-state index is 12.2. The summed E-state index contributed by atoms with van der Waals surface area (Å²) in [6, 6.07) is 12.5. The lowest BCUT2D eigenvalue weighted by atomic mass is 9.85. The first-order chi connectivity index (χ1) is 15.4. The molecule has 1 amide bonds. The van der Waals surface area contributed by atoms with E-state index in [1.165, 1.54) is 6.07 Å². The molecular formula is C24H31N3O5. The lowest BCUT2D eigenvalue weighted by Gasteiger charge is -2.29. The minimum absolute atomic E-state index is 0.00426. The van der Waals surface area contributed by atoms with Crippen LogP contribution in [-0.4, -0.2) is 30.0 Å². The maximum Gasteiger partial charge on any atom is 0.292 e. The van der Waals surface area contributed by atoms with E-state index in [9.17, 15) is 14.9 Å². The van der Waals surface area contributed by atoms with Crippen molar-refractivity contribution in [3.8, 4) is 11.5 Å². The van der Waals surface area contributed by atoms with Gasteiger partial charge in [0.15, 0.2) is 0 Å². The highest BCUT2D eigenvalue weighted by Crippen LogP contribution is 2.33. The molecule has 0 aliphatic heterocycles. The Hall–Kier alpha value is -3.29. The number of nitro benzene ring substituents is 1. The number of nitro groups is 1. The van der Waals surface area contributed by atoms with Gasteiger partial charge in [-0.3, -0.25) is 14.9 Å². The summed E-state index contributed by atoms with van der Waals surface area (Å²) in [7, 11) is 1.61. The smallest absolute Gasteiger partial charge is 0.292 e. The third-order valence-electron chi connectivity index (χ3n) is 5.62. The van der Waals surface area contributed by atoms with Crippen molar-refractivity contribution in [2.45, 2.75) is 58.2 Å². The lowest BCUT2D eigenvalue weighted by molar-refractivity contribution is -0.384. The molecule has 0 aromatic heterocycles. The molecule has 8 heteroatoms. The number of rotatable bonds is 9. The van der Waals surface area contributed by atoms with Crippen molar-refractivity contribution in [3.05, 3.63) is 58.1 Å². The number of carbonyl (C=O) groups excluding carboxylic acids is 1. The van der Waals surface area contributed by atoms with E-state index in [2.05, 4.69) is 10.6 Å². The molecule has 2 aromatic rings. The highest BCUT2D eigenvalue weighted by molar-refractivity contribution is 5.79. The maximum absolute atomic E-state index is 12.2. The molecule has 0 bridgehead atoms. The number of amides is 1. The number of anilines is 1. The average Bonchev–Trinajstić information content (AvgIpc) is 2.78. The summed E-state index contributed by atoms with van der Waals surface area (Å²) in [5.74, 6) is 1.42. The van der Waals surface area contributed by atoms with Crippen LogP contribution in [0.5, 0.6) is 11.5 Å². The van der Waals surface area contributed by atoms with Crippen LogP contribution in [0.1, 0.15) is 45.1 Å². The average molecular weight is 442 g/mol. The van der Waals surface area contributed by atoms with Gasteiger partial charge in [-0.2, -0.15) is 0 Å². The van der Waals surface area contributed by atoms with E-state index in [1.807, 2.05) is 38.1 Å². The molecule has 8 nitrogen and oxygen atoms in total. The van der Waals surface area contributed by atoms with Crippen LogP contribution in [0.3, 0.4) is 0 Å². The molecule has 0 unspecified atom stereocenters. The van der Waals surface area contributed by atoms with Crippen LogP contribution in [-0.2, 0) is 11.4 Å². The SMILES string of the molecule is COc1ccc(COc2ccc([N+](=O)[O-])c(N[C@H]3CC[C@@H](C(=O)NC(C)C)CC3)c2)cc1. The van der Waals surface area contributed by atoms with Crippen LogP contribution >= 0.6 is 0 Å². The predicted molar refractivity (Wildman–Crippen MR) is 123 cm³/mol. The Labute approximate surface area is 188 Å². The van der Waals surface area contributed by atoms with Crippen LogP contribution in [0.4, 0.5) is 11.4 Å². The molecular weight excluding hydrogens is 410 g/mol. The van der Waals surface area contributed by atoms with Gasteiger partial charge < -0.3 is 20.1 Å². The first-order valence-electron chi connectivity index (χ1n) is 11.0. The molecule has 0 spiro atoms. The zero-order valence-electron chi connectivity index (χ0n) is 18.8. The third-order valence-corrected chi connectivity index (χ3v) is 5.62. The van der Waals surface area contributed by atoms with Crippen LogP contribution in [0, 0.1) is 16.0 Å². The van der Waals surface area contributed by atoms with E-state index in [4.69, 9.17) is 9.47 Å². The molecule has 0 radical (unpaired) electrons. The quantitative estimate of drug-likeness (QED) is 0.433. The normalized spacial score (nSPS) is 18.1.